The minimum atomic E-state index is -4.70. The monoisotopic (exact) mass is 336 g/mol. The van der Waals surface area contributed by atoms with Crippen molar-refractivity contribution >= 4 is 23.2 Å². The molecule has 0 atom stereocenters. The van der Waals surface area contributed by atoms with Gasteiger partial charge in [0.2, 0.25) is 0 Å². The first-order chi connectivity index (χ1) is 9.83. The predicted molar refractivity (Wildman–Crippen MR) is 73.9 cm³/mol. The number of halogens is 5. The van der Waals surface area contributed by atoms with E-state index in [4.69, 9.17) is 27.9 Å². The van der Waals surface area contributed by atoms with Crippen molar-refractivity contribution < 1.29 is 22.6 Å². The van der Waals surface area contributed by atoms with E-state index in [2.05, 4.69) is 4.74 Å². The number of alkyl halides is 3. The van der Waals surface area contributed by atoms with Gasteiger partial charge in [-0.05, 0) is 29.8 Å². The maximum absolute atomic E-state index is 12.0. The molecule has 112 valence electrons. The fraction of sp³-hybridized carbons (Fsp3) is 0.143. The molecule has 0 fully saturated rings. The summed E-state index contributed by atoms with van der Waals surface area (Å²) in [5.74, 6) is 0.117. The van der Waals surface area contributed by atoms with Crippen LogP contribution in [0, 0.1) is 0 Å². The highest BCUT2D eigenvalue weighted by Crippen LogP contribution is 2.29. The van der Waals surface area contributed by atoms with Crippen molar-refractivity contribution in [3.63, 3.8) is 0 Å². The summed E-state index contributed by atoms with van der Waals surface area (Å²) in [6.07, 6.45) is -4.70. The largest absolute Gasteiger partial charge is 0.573 e. The normalized spacial score (nSPS) is 11.3. The lowest BCUT2D eigenvalue weighted by molar-refractivity contribution is -0.274. The van der Waals surface area contributed by atoms with E-state index in [1.54, 1.807) is 18.2 Å². The third kappa shape index (κ3) is 5.02. The first-order valence-electron chi connectivity index (χ1n) is 5.76. The molecule has 0 heterocycles. The molecule has 2 rings (SSSR count). The Morgan fingerprint density at radius 2 is 1.62 bits per heavy atom. The van der Waals surface area contributed by atoms with Gasteiger partial charge in [0.15, 0.2) is 0 Å². The van der Waals surface area contributed by atoms with Crippen molar-refractivity contribution in [1.82, 2.24) is 0 Å². The van der Waals surface area contributed by atoms with Gasteiger partial charge in [0.25, 0.3) is 0 Å². The van der Waals surface area contributed by atoms with Crippen LogP contribution in [0.5, 0.6) is 11.5 Å². The Bertz CT molecular complexity index is 613. The summed E-state index contributed by atoms with van der Waals surface area (Å²) in [7, 11) is 0. The summed E-state index contributed by atoms with van der Waals surface area (Å²) in [6, 6.07) is 10.2. The predicted octanol–water partition coefficient (Wildman–Crippen LogP) is 5.47. The zero-order chi connectivity index (χ0) is 15.5. The average molecular weight is 337 g/mol. The highest BCUT2D eigenvalue weighted by molar-refractivity contribution is 6.34. The Kier molecular flexibility index (Phi) is 4.85. The average Bonchev–Trinajstić information content (AvgIpc) is 2.40. The molecule has 2 nitrogen and oxygen atoms in total. The molecule has 0 spiro atoms. The minimum Gasteiger partial charge on any atom is -0.487 e. The molecule has 0 bridgehead atoms. The summed E-state index contributed by atoms with van der Waals surface area (Å²) < 4.78 is 45.3. The number of rotatable bonds is 4. The molecular weight excluding hydrogens is 328 g/mol. The van der Waals surface area contributed by atoms with Crippen LogP contribution in [0.15, 0.2) is 42.5 Å². The van der Waals surface area contributed by atoms with Crippen LogP contribution < -0.4 is 9.47 Å². The zero-order valence-corrected chi connectivity index (χ0v) is 12.0. The van der Waals surface area contributed by atoms with E-state index in [0.717, 1.165) is 0 Å². The second kappa shape index (κ2) is 6.45. The van der Waals surface area contributed by atoms with Crippen LogP contribution in [0.3, 0.4) is 0 Å². The van der Waals surface area contributed by atoms with Gasteiger partial charge in [0.1, 0.15) is 18.1 Å². The zero-order valence-electron chi connectivity index (χ0n) is 10.5. The highest BCUT2D eigenvalue weighted by atomic mass is 35.5. The molecule has 0 unspecified atom stereocenters. The maximum Gasteiger partial charge on any atom is 0.573 e. The quantitative estimate of drug-likeness (QED) is 0.736. The van der Waals surface area contributed by atoms with Crippen molar-refractivity contribution in [3.8, 4) is 11.5 Å². The van der Waals surface area contributed by atoms with Gasteiger partial charge in [-0.1, -0.05) is 35.3 Å². The molecule has 0 amide bonds. The summed E-state index contributed by atoms with van der Waals surface area (Å²) in [4.78, 5) is 0. The van der Waals surface area contributed by atoms with Gasteiger partial charge < -0.3 is 9.47 Å². The number of hydrogen-bond acceptors (Lipinski definition) is 2. The SMILES string of the molecule is FC(F)(F)Oc1ccc(COc2cc(Cl)ccc2Cl)cc1. The highest BCUT2D eigenvalue weighted by Gasteiger charge is 2.30. The molecule has 0 saturated carbocycles. The van der Waals surface area contributed by atoms with E-state index in [1.165, 1.54) is 24.3 Å². The molecule has 0 saturated heterocycles. The van der Waals surface area contributed by atoms with E-state index >= 15 is 0 Å². The van der Waals surface area contributed by atoms with E-state index in [0.29, 0.717) is 21.4 Å². The molecule has 2 aromatic rings. The lowest BCUT2D eigenvalue weighted by atomic mass is 10.2. The van der Waals surface area contributed by atoms with Crippen molar-refractivity contribution in [2.75, 3.05) is 0 Å². The van der Waals surface area contributed by atoms with Crippen molar-refractivity contribution in [3.05, 3.63) is 58.1 Å². The molecule has 0 radical (unpaired) electrons. The fourth-order valence-corrected chi connectivity index (χ4v) is 1.87. The number of benzene rings is 2. The van der Waals surface area contributed by atoms with E-state index < -0.39 is 6.36 Å². The van der Waals surface area contributed by atoms with Gasteiger partial charge >= 0.3 is 6.36 Å². The van der Waals surface area contributed by atoms with E-state index in [-0.39, 0.29) is 12.4 Å². The van der Waals surface area contributed by atoms with Crippen LogP contribution in [0.4, 0.5) is 13.2 Å². The molecule has 7 heteroatoms. The summed E-state index contributed by atoms with van der Waals surface area (Å²) in [5, 5.41) is 0.875. The standard InChI is InChI=1S/C14H9Cl2F3O2/c15-10-3-6-12(16)13(7-10)20-8-9-1-4-11(5-2-9)21-14(17,18)19/h1-7H,8H2. The molecule has 0 N–H and O–H groups in total. The first kappa shape index (κ1) is 15.8. The Hall–Kier alpha value is -1.59. The van der Waals surface area contributed by atoms with Gasteiger partial charge in [-0.3, -0.25) is 0 Å². The number of hydrogen-bond donors (Lipinski definition) is 0. The Morgan fingerprint density at radius 1 is 0.952 bits per heavy atom. The lowest BCUT2D eigenvalue weighted by Gasteiger charge is -2.10. The van der Waals surface area contributed by atoms with E-state index in [1.807, 2.05) is 0 Å². The summed E-state index contributed by atoms with van der Waals surface area (Å²) in [6.45, 7) is 0.145. The Balaban J connectivity index is 1.99. The molecular formula is C14H9Cl2F3O2. The van der Waals surface area contributed by atoms with Crippen molar-refractivity contribution in [2.24, 2.45) is 0 Å². The summed E-state index contributed by atoms with van der Waals surface area (Å²) in [5.41, 5.74) is 0.667. The topological polar surface area (TPSA) is 18.5 Å². The summed E-state index contributed by atoms with van der Waals surface area (Å²) >= 11 is 11.8. The number of ether oxygens (including phenoxy) is 2. The maximum atomic E-state index is 12.0. The van der Waals surface area contributed by atoms with Crippen LogP contribution in [0.25, 0.3) is 0 Å². The molecule has 0 aliphatic rings. The van der Waals surface area contributed by atoms with Crippen LogP contribution in [0.2, 0.25) is 10.0 Å². The Morgan fingerprint density at radius 3 is 2.24 bits per heavy atom. The molecule has 0 aliphatic heterocycles. The molecule has 0 aromatic heterocycles. The minimum absolute atomic E-state index is 0.145. The third-order valence-electron chi connectivity index (χ3n) is 2.44. The first-order valence-corrected chi connectivity index (χ1v) is 6.51. The van der Waals surface area contributed by atoms with Gasteiger partial charge in [-0.25, -0.2) is 0 Å². The van der Waals surface area contributed by atoms with Crippen molar-refractivity contribution in [1.29, 1.82) is 0 Å². The van der Waals surface area contributed by atoms with Gasteiger partial charge in [-0.15, -0.1) is 13.2 Å². The second-order valence-electron chi connectivity index (χ2n) is 4.06. The molecule has 21 heavy (non-hydrogen) atoms. The second-order valence-corrected chi connectivity index (χ2v) is 4.90. The lowest BCUT2D eigenvalue weighted by Crippen LogP contribution is -2.17. The third-order valence-corrected chi connectivity index (χ3v) is 2.99. The van der Waals surface area contributed by atoms with Crippen LogP contribution in [-0.2, 0) is 6.61 Å². The molecule has 2 aromatic carbocycles. The Labute approximate surface area is 129 Å². The van der Waals surface area contributed by atoms with Gasteiger partial charge in [0, 0.05) is 11.1 Å². The van der Waals surface area contributed by atoms with Crippen LogP contribution in [-0.4, -0.2) is 6.36 Å². The van der Waals surface area contributed by atoms with Crippen LogP contribution >= 0.6 is 23.2 Å². The smallest absolute Gasteiger partial charge is 0.487 e. The fourth-order valence-electron chi connectivity index (χ4n) is 1.54. The van der Waals surface area contributed by atoms with Crippen molar-refractivity contribution in [2.45, 2.75) is 13.0 Å². The van der Waals surface area contributed by atoms with E-state index in [9.17, 15) is 13.2 Å². The van der Waals surface area contributed by atoms with Crippen LogP contribution in [0.1, 0.15) is 5.56 Å². The molecule has 0 aliphatic carbocycles. The van der Waals surface area contributed by atoms with Gasteiger partial charge in [-0.2, -0.15) is 0 Å². The van der Waals surface area contributed by atoms with Gasteiger partial charge in [0.05, 0.1) is 5.02 Å².